The number of carbonyl (C=O) groups excluding carboxylic acids is 1. The van der Waals surface area contributed by atoms with Gasteiger partial charge in [-0.05, 0) is 43.2 Å². The fourth-order valence-corrected chi connectivity index (χ4v) is 2.92. The molecule has 122 valence electrons. The first-order valence-electron chi connectivity index (χ1n) is 7.89. The monoisotopic (exact) mass is 340 g/mol. The smallest absolute Gasteiger partial charge is 0.262 e. The Hall–Kier alpha value is -2.58. The Bertz CT molecular complexity index is 795. The van der Waals surface area contributed by atoms with Crippen LogP contribution in [0.1, 0.15) is 31.2 Å². The first-order valence-corrected chi connectivity index (χ1v) is 8.27. The molecule has 1 N–H and O–H groups in total. The molecule has 0 aliphatic heterocycles. The van der Waals surface area contributed by atoms with Gasteiger partial charge in [0.15, 0.2) is 0 Å². The number of carbonyl (C=O) groups is 1. The van der Waals surface area contributed by atoms with Crippen LogP contribution in [-0.4, -0.2) is 21.7 Å². The number of halogens is 1. The van der Waals surface area contributed by atoms with Crippen LogP contribution in [0.5, 0.6) is 0 Å². The molecule has 0 saturated heterocycles. The summed E-state index contributed by atoms with van der Waals surface area (Å²) in [4.78, 5) is 12.2. The van der Waals surface area contributed by atoms with Crippen molar-refractivity contribution in [2.75, 3.05) is 0 Å². The topological polar surface area (TPSA) is 70.7 Å². The average molecular weight is 341 g/mol. The molecule has 3 rings (SSSR count). The number of hydrogen-bond acceptors (Lipinski definition) is 3. The molecule has 1 aromatic heterocycles. The zero-order valence-electron chi connectivity index (χ0n) is 13.1. The SMILES string of the molecule is N#CC(=Cc1cnn(-c2ccc(Cl)cc2)c1)C(=O)NC1CCCC1. The van der Waals surface area contributed by atoms with Crippen molar-refractivity contribution < 1.29 is 4.79 Å². The predicted octanol–water partition coefficient (Wildman–Crippen LogP) is 3.49. The lowest BCUT2D eigenvalue weighted by Gasteiger charge is -2.10. The van der Waals surface area contributed by atoms with Gasteiger partial charge in [-0.2, -0.15) is 10.4 Å². The number of nitrogens with one attached hydrogen (secondary N) is 1. The molecule has 1 fully saturated rings. The zero-order chi connectivity index (χ0) is 16.9. The van der Waals surface area contributed by atoms with Crippen LogP contribution in [0.4, 0.5) is 0 Å². The van der Waals surface area contributed by atoms with Gasteiger partial charge in [-0.3, -0.25) is 4.79 Å². The van der Waals surface area contributed by atoms with Crippen LogP contribution in [0, 0.1) is 11.3 Å². The van der Waals surface area contributed by atoms with E-state index in [0.29, 0.717) is 10.6 Å². The van der Waals surface area contributed by atoms with Crippen LogP contribution in [0.2, 0.25) is 5.02 Å². The summed E-state index contributed by atoms with van der Waals surface area (Å²) >= 11 is 5.88. The van der Waals surface area contributed by atoms with E-state index in [0.717, 1.165) is 31.4 Å². The normalized spacial score (nSPS) is 15.2. The molecule has 24 heavy (non-hydrogen) atoms. The van der Waals surface area contributed by atoms with E-state index >= 15 is 0 Å². The Morgan fingerprint density at radius 2 is 2.04 bits per heavy atom. The zero-order valence-corrected chi connectivity index (χ0v) is 13.8. The van der Waals surface area contributed by atoms with E-state index in [1.807, 2.05) is 18.2 Å². The van der Waals surface area contributed by atoms with E-state index in [4.69, 9.17) is 11.6 Å². The number of nitrogens with zero attached hydrogens (tertiary/aromatic N) is 3. The third-order valence-electron chi connectivity index (χ3n) is 4.06. The van der Waals surface area contributed by atoms with Crippen LogP contribution in [-0.2, 0) is 4.79 Å². The summed E-state index contributed by atoms with van der Waals surface area (Å²) in [5.74, 6) is -0.316. The lowest BCUT2D eigenvalue weighted by Crippen LogP contribution is -2.33. The van der Waals surface area contributed by atoms with E-state index < -0.39 is 0 Å². The van der Waals surface area contributed by atoms with Crippen molar-refractivity contribution in [2.24, 2.45) is 0 Å². The minimum Gasteiger partial charge on any atom is -0.349 e. The van der Waals surface area contributed by atoms with Crippen molar-refractivity contribution in [2.45, 2.75) is 31.7 Å². The summed E-state index contributed by atoms with van der Waals surface area (Å²) in [5, 5.41) is 17.1. The molecular weight excluding hydrogens is 324 g/mol. The molecular formula is C18H17ClN4O. The van der Waals surface area contributed by atoms with Gasteiger partial charge in [0, 0.05) is 22.8 Å². The second-order valence-electron chi connectivity index (χ2n) is 5.82. The van der Waals surface area contributed by atoms with Crippen LogP contribution < -0.4 is 5.32 Å². The maximum atomic E-state index is 12.2. The minimum absolute atomic E-state index is 0.0950. The van der Waals surface area contributed by atoms with Crippen molar-refractivity contribution in [1.82, 2.24) is 15.1 Å². The molecule has 1 aliphatic rings. The molecule has 2 aromatic rings. The van der Waals surface area contributed by atoms with Gasteiger partial charge in [-0.25, -0.2) is 4.68 Å². The van der Waals surface area contributed by atoms with E-state index in [1.54, 1.807) is 35.3 Å². The number of amides is 1. The lowest BCUT2D eigenvalue weighted by atomic mass is 10.1. The molecule has 0 radical (unpaired) electrons. The second-order valence-corrected chi connectivity index (χ2v) is 6.26. The number of benzene rings is 1. The van der Waals surface area contributed by atoms with Crippen molar-refractivity contribution in [3.8, 4) is 11.8 Å². The maximum Gasteiger partial charge on any atom is 0.262 e. The Morgan fingerprint density at radius 1 is 1.33 bits per heavy atom. The van der Waals surface area contributed by atoms with Gasteiger partial charge in [0.05, 0.1) is 11.9 Å². The highest BCUT2D eigenvalue weighted by Gasteiger charge is 2.19. The van der Waals surface area contributed by atoms with Crippen LogP contribution in [0.15, 0.2) is 42.2 Å². The molecule has 6 heteroatoms. The van der Waals surface area contributed by atoms with E-state index in [-0.39, 0.29) is 17.5 Å². The molecule has 0 spiro atoms. The average Bonchev–Trinajstić information content (AvgIpc) is 3.25. The van der Waals surface area contributed by atoms with Gasteiger partial charge in [-0.15, -0.1) is 0 Å². The molecule has 1 aliphatic carbocycles. The fraction of sp³-hybridized carbons (Fsp3) is 0.278. The van der Waals surface area contributed by atoms with E-state index in [2.05, 4.69) is 10.4 Å². The van der Waals surface area contributed by atoms with Gasteiger partial charge >= 0.3 is 0 Å². The molecule has 1 heterocycles. The summed E-state index contributed by atoms with van der Waals surface area (Å²) in [6.07, 6.45) is 9.18. The largest absolute Gasteiger partial charge is 0.349 e. The van der Waals surface area contributed by atoms with Crippen LogP contribution in [0.3, 0.4) is 0 Å². The third-order valence-corrected chi connectivity index (χ3v) is 4.31. The number of nitriles is 1. The number of aromatic nitrogens is 2. The van der Waals surface area contributed by atoms with Crippen molar-refractivity contribution in [3.63, 3.8) is 0 Å². The van der Waals surface area contributed by atoms with Gasteiger partial charge in [-0.1, -0.05) is 24.4 Å². The van der Waals surface area contributed by atoms with E-state index in [1.165, 1.54) is 0 Å². The standard InChI is InChI=1S/C18H17ClN4O/c19-15-5-7-17(8-6-15)23-12-13(11-21-23)9-14(10-20)18(24)22-16-3-1-2-4-16/h5-9,11-12,16H,1-4H2,(H,22,24). The lowest BCUT2D eigenvalue weighted by molar-refractivity contribution is -0.117. The summed E-state index contributed by atoms with van der Waals surface area (Å²) in [6, 6.07) is 9.42. The van der Waals surface area contributed by atoms with Gasteiger partial charge < -0.3 is 5.32 Å². The third kappa shape index (κ3) is 3.84. The summed E-state index contributed by atoms with van der Waals surface area (Å²) in [6.45, 7) is 0. The highest BCUT2D eigenvalue weighted by Crippen LogP contribution is 2.18. The molecule has 0 unspecified atom stereocenters. The van der Waals surface area contributed by atoms with Gasteiger partial charge in [0.25, 0.3) is 5.91 Å². The van der Waals surface area contributed by atoms with Gasteiger partial charge in [0.2, 0.25) is 0 Å². The first-order chi connectivity index (χ1) is 11.7. The fourth-order valence-electron chi connectivity index (χ4n) is 2.79. The molecule has 1 amide bonds. The summed E-state index contributed by atoms with van der Waals surface area (Å²) in [5.41, 5.74) is 1.65. The minimum atomic E-state index is -0.316. The Labute approximate surface area is 145 Å². The molecule has 0 atom stereocenters. The Morgan fingerprint density at radius 3 is 2.71 bits per heavy atom. The maximum absolute atomic E-state index is 12.2. The highest BCUT2D eigenvalue weighted by molar-refractivity contribution is 6.30. The van der Waals surface area contributed by atoms with Crippen LogP contribution >= 0.6 is 11.6 Å². The molecule has 1 aromatic carbocycles. The predicted molar refractivity (Wildman–Crippen MR) is 92.6 cm³/mol. The molecule has 1 saturated carbocycles. The second kappa shape index (κ2) is 7.33. The summed E-state index contributed by atoms with van der Waals surface area (Å²) in [7, 11) is 0. The van der Waals surface area contributed by atoms with Crippen molar-refractivity contribution >= 4 is 23.6 Å². The quantitative estimate of drug-likeness (QED) is 0.684. The molecule has 0 bridgehead atoms. The number of hydrogen-bond donors (Lipinski definition) is 1. The van der Waals surface area contributed by atoms with Crippen LogP contribution in [0.25, 0.3) is 11.8 Å². The van der Waals surface area contributed by atoms with Crippen molar-refractivity contribution in [1.29, 1.82) is 5.26 Å². The number of rotatable bonds is 4. The van der Waals surface area contributed by atoms with Gasteiger partial charge in [0.1, 0.15) is 11.6 Å². The summed E-state index contributed by atoms with van der Waals surface area (Å²) < 4.78 is 1.67. The van der Waals surface area contributed by atoms with E-state index in [9.17, 15) is 10.1 Å². The Kier molecular flexibility index (Phi) is 4.97. The molecule has 5 nitrogen and oxygen atoms in total. The highest BCUT2D eigenvalue weighted by atomic mass is 35.5. The first kappa shape index (κ1) is 16.3. The van der Waals surface area contributed by atoms with Crippen molar-refractivity contribution in [3.05, 3.63) is 52.8 Å². The Balaban J connectivity index is 1.75.